The van der Waals surface area contributed by atoms with Gasteiger partial charge in [0.2, 0.25) is 6.10 Å². The van der Waals surface area contributed by atoms with Gasteiger partial charge >= 0.3 is 12.1 Å². The van der Waals surface area contributed by atoms with Crippen molar-refractivity contribution in [1.29, 1.82) is 0 Å². The lowest BCUT2D eigenvalue weighted by atomic mass is 10.1. The van der Waals surface area contributed by atoms with Crippen LogP contribution in [0.4, 0.5) is 4.79 Å². The van der Waals surface area contributed by atoms with Gasteiger partial charge in [0.1, 0.15) is 0 Å². The third-order valence-electron chi connectivity index (χ3n) is 1.99. The normalized spacial score (nSPS) is 11.4. The summed E-state index contributed by atoms with van der Waals surface area (Å²) < 4.78 is 14.1. The van der Waals surface area contributed by atoms with Crippen LogP contribution in [0.1, 0.15) is 18.6 Å². The molecule has 1 aromatic carbocycles. The second kappa shape index (κ2) is 6.52. The van der Waals surface area contributed by atoms with E-state index in [9.17, 15) is 9.59 Å². The third-order valence-corrected chi connectivity index (χ3v) is 1.99. The Labute approximate surface area is 99.3 Å². The molecule has 0 saturated heterocycles. The summed E-state index contributed by atoms with van der Waals surface area (Å²) in [5.41, 5.74) is 0.535. The second-order valence-electron chi connectivity index (χ2n) is 3.11. The molecular weight excluding hydrogens is 224 g/mol. The van der Waals surface area contributed by atoms with E-state index >= 15 is 0 Å². The van der Waals surface area contributed by atoms with E-state index in [1.807, 2.05) is 0 Å². The predicted molar refractivity (Wildman–Crippen MR) is 59.3 cm³/mol. The number of hydrogen-bond acceptors (Lipinski definition) is 5. The van der Waals surface area contributed by atoms with Crippen molar-refractivity contribution in [3.05, 3.63) is 35.9 Å². The highest BCUT2D eigenvalue weighted by atomic mass is 16.7. The molecule has 0 N–H and O–H groups in total. The van der Waals surface area contributed by atoms with Gasteiger partial charge in [-0.05, 0) is 6.92 Å². The minimum Gasteiger partial charge on any atom is -0.466 e. The van der Waals surface area contributed by atoms with Crippen LogP contribution in [0.2, 0.25) is 0 Å². The average Bonchev–Trinajstić information content (AvgIpc) is 2.36. The number of benzene rings is 1. The van der Waals surface area contributed by atoms with Gasteiger partial charge in [0.15, 0.2) is 0 Å². The van der Waals surface area contributed by atoms with Gasteiger partial charge in [-0.3, -0.25) is 0 Å². The standard InChI is InChI=1S/C12H14O5/c1-3-16-12(14)17-10(11(13)15-2)9-7-5-4-6-8-9/h4-8,10H,3H2,1-2H3/t10-/m0/s1. The van der Waals surface area contributed by atoms with Crippen LogP contribution in [0.3, 0.4) is 0 Å². The molecule has 17 heavy (non-hydrogen) atoms. The maximum Gasteiger partial charge on any atom is 0.509 e. The smallest absolute Gasteiger partial charge is 0.466 e. The maximum atomic E-state index is 11.5. The SMILES string of the molecule is CCOC(=O)O[C@H](C(=O)OC)c1ccccc1. The minimum absolute atomic E-state index is 0.182. The van der Waals surface area contributed by atoms with E-state index in [2.05, 4.69) is 9.47 Å². The molecule has 0 radical (unpaired) electrons. The fraction of sp³-hybridized carbons (Fsp3) is 0.333. The highest BCUT2D eigenvalue weighted by molar-refractivity contribution is 5.79. The van der Waals surface area contributed by atoms with Crippen molar-refractivity contribution in [1.82, 2.24) is 0 Å². The summed E-state index contributed by atoms with van der Waals surface area (Å²) >= 11 is 0. The summed E-state index contributed by atoms with van der Waals surface area (Å²) in [6.07, 6.45) is -1.99. The molecule has 0 spiro atoms. The van der Waals surface area contributed by atoms with Gasteiger partial charge in [-0.25, -0.2) is 9.59 Å². The Morgan fingerprint density at radius 2 is 1.88 bits per heavy atom. The zero-order valence-electron chi connectivity index (χ0n) is 9.71. The quantitative estimate of drug-likeness (QED) is 0.751. The van der Waals surface area contributed by atoms with Crippen LogP contribution < -0.4 is 0 Å². The van der Waals surface area contributed by atoms with Crippen LogP contribution in [-0.4, -0.2) is 25.8 Å². The van der Waals surface area contributed by atoms with E-state index in [1.54, 1.807) is 37.3 Å². The Morgan fingerprint density at radius 1 is 1.24 bits per heavy atom. The Hall–Kier alpha value is -2.04. The van der Waals surface area contributed by atoms with E-state index in [4.69, 9.17) is 4.74 Å². The minimum atomic E-state index is -1.10. The molecule has 0 aliphatic carbocycles. The zero-order valence-corrected chi connectivity index (χ0v) is 9.71. The molecule has 0 aromatic heterocycles. The van der Waals surface area contributed by atoms with E-state index in [-0.39, 0.29) is 6.61 Å². The third kappa shape index (κ3) is 3.79. The fourth-order valence-corrected chi connectivity index (χ4v) is 1.24. The lowest BCUT2D eigenvalue weighted by Gasteiger charge is -2.15. The predicted octanol–water partition coefficient (Wildman–Crippen LogP) is 2.07. The molecule has 0 aliphatic rings. The molecule has 5 nitrogen and oxygen atoms in total. The Kier molecular flexibility index (Phi) is 5.00. The summed E-state index contributed by atoms with van der Waals surface area (Å²) in [5, 5.41) is 0. The summed E-state index contributed by atoms with van der Waals surface area (Å²) in [7, 11) is 1.23. The van der Waals surface area contributed by atoms with E-state index in [1.165, 1.54) is 7.11 Å². The van der Waals surface area contributed by atoms with Gasteiger partial charge in [0, 0.05) is 5.56 Å². The number of carbonyl (C=O) groups excluding carboxylic acids is 2. The fourth-order valence-electron chi connectivity index (χ4n) is 1.24. The van der Waals surface area contributed by atoms with Crippen LogP contribution >= 0.6 is 0 Å². The molecule has 0 aliphatic heterocycles. The number of ether oxygens (including phenoxy) is 3. The molecule has 0 saturated carbocycles. The van der Waals surface area contributed by atoms with Crippen LogP contribution in [0.5, 0.6) is 0 Å². The maximum absolute atomic E-state index is 11.5. The Bertz CT molecular complexity index is 374. The first kappa shape index (κ1) is 13.0. The molecule has 5 heteroatoms. The van der Waals surface area contributed by atoms with Crippen LogP contribution in [-0.2, 0) is 19.0 Å². The number of carbonyl (C=O) groups is 2. The molecule has 92 valence electrons. The van der Waals surface area contributed by atoms with E-state index in [0.29, 0.717) is 5.56 Å². The van der Waals surface area contributed by atoms with Crippen molar-refractivity contribution in [3.8, 4) is 0 Å². The first-order chi connectivity index (χ1) is 8.19. The number of methoxy groups -OCH3 is 1. The van der Waals surface area contributed by atoms with Gasteiger partial charge in [-0.15, -0.1) is 0 Å². The van der Waals surface area contributed by atoms with Gasteiger partial charge < -0.3 is 14.2 Å². The monoisotopic (exact) mass is 238 g/mol. The van der Waals surface area contributed by atoms with Crippen LogP contribution in [0.15, 0.2) is 30.3 Å². The van der Waals surface area contributed by atoms with Gasteiger partial charge in [-0.1, -0.05) is 30.3 Å². The molecule has 0 unspecified atom stereocenters. The summed E-state index contributed by atoms with van der Waals surface area (Å²) in [6, 6.07) is 8.60. The molecule has 1 rings (SSSR count). The zero-order chi connectivity index (χ0) is 12.7. The molecule has 0 bridgehead atoms. The molecule has 1 aromatic rings. The summed E-state index contributed by atoms with van der Waals surface area (Å²) in [6.45, 7) is 1.83. The van der Waals surface area contributed by atoms with Crippen molar-refractivity contribution in [2.75, 3.05) is 13.7 Å². The molecule has 0 amide bonds. The van der Waals surface area contributed by atoms with Crippen molar-refractivity contribution in [2.24, 2.45) is 0 Å². The van der Waals surface area contributed by atoms with Crippen LogP contribution in [0, 0.1) is 0 Å². The average molecular weight is 238 g/mol. The molecule has 0 heterocycles. The van der Waals surface area contributed by atoms with Crippen molar-refractivity contribution in [2.45, 2.75) is 13.0 Å². The second-order valence-corrected chi connectivity index (χ2v) is 3.11. The van der Waals surface area contributed by atoms with Crippen molar-refractivity contribution >= 4 is 12.1 Å². The number of rotatable bonds is 4. The number of esters is 1. The Balaban J connectivity index is 2.82. The van der Waals surface area contributed by atoms with Gasteiger partial charge in [0.05, 0.1) is 13.7 Å². The first-order valence-corrected chi connectivity index (χ1v) is 5.15. The summed E-state index contributed by atoms with van der Waals surface area (Å²) in [5.74, 6) is -0.649. The highest BCUT2D eigenvalue weighted by Gasteiger charge is 2.26. The Morgan fingerprint density at radius 3 is 2.41 bits per heavy atom. The highest BCUT2D eigenvalue weighted by Crippen LogP contribution is 2.19. The summed E-state index contributed by atoms with van der Waals surface area (Å²) in [4.78, 5) is 22.7. The molecular formula is C12H14O5. The van der Waals surface area contributed by atoms with Crippen molar-refractivity contribution < 1.29 is 23.8 Å². The molecule has 1 atom stereocenters. The van der Waals surface area contributed by atoms with Gasteiger partial charge in [0.25, 0.3) is 0 Å². The van der Waals surface area contributed by atoms with Gasteiger partial charge in [-0.2, -0.15) is 0 Å². The lowest BCUT2D eigenvalue weighted by Crippen LogP contribution is -2.21. The van der Waals surface area contributed by atoms with E-state index < -0.39 is 18.2 Å². The lowest BCUT2D eigenvalue weighted by molar-refractivity contribution is -0.152. The first-order valence-electron chi connectivity index (χ1n) is 5.15. The topological polar surface area (TPSA) is 61.8 Å². The molecule has 0 fully saturated rings. The van der Waals surface area contributed by atoms with Crippen molar-refractivity contribution in [3.63, 3.8) is 0 Å². The van der Waals surface area contributed by atoms with Crippen LogP contribution in [0.25, 0.3) is 0 Å². The van der Waals surface area contributed by atoms with E-state index in [0.717, 1.165) is 0 Å². The number of hydrogen-bond donors (Lipinski definition) is 0. The largest absolute Gasteiger partial charge is 0.509 e.